The van der Waals surface area contributed by atoms with Gasteiger partial charge in [0.25, 0.3) is 5.56 Å². The van der Waals surface area contributed by atoms with E-state index >= 15 is 0 Å². The molecule has 1 aliphatic rings. The van der Waals surface area contributed by atoms with Crippen molar-refractivity contribution in [3.05, 3.63) is 81.4 Å². The molecule has 0 spiro atoms. The van der Waals surface area contributed by atoms with E-state index < -0.39 is 0 Å². The summed E-state index contributed by atoms with van der Waals surface area (Å²) in [5, 5.41) is 4.86. The third-order valence-corrected chi connectivity index (χ3v) is 8.64. The van der Waals surface area contributed by atoms with Crippen LogP contribution in [-0.4, -0.2) is 62.1 Å². The van der Waals surface area contributed by atoms with Crippen LogP contribution in [0.2, 0.25) is 0 Å². The van der Waals surface area contributed by atoms with Gasteiger partial charge in [0.1, 0.15) is 17.9 Å². The fraction of sp³-hybridized carbons (Fsp3) is 0.382. The molecule has 1 saturated heterocycles. The molecular formula is C34H41N5O3. The highest BCUT2D eigenvalue weighted by Gasteiger charge is 2.24. The summed E-state index contributed by atoms with van der Waals surface area (Å²) in [6.45, 7) is 4.86. The molecule has 0 aliphatic carbocycles. The van der Waals surface area contributed by atoms with Gasteiger partial charge >= 0.3 is 0 Å². The van der Waals surface area contributed by atoms with Crippen molar-refractivity contribution in [3.8, 4) is 16.9 Å². The molecule has 0 atom stereocenters. The number of aldehydes is 1. The number of piperidine rings is 1. The van der Waals surface area contributed by atoms with E-state index in [9.17, 15) is 9.59 Å². The molecular weight excluding hydrogens is 526 g/mol. The number of ether oxygens (including phenoxy) is 1. The van der Waals surface area contributed by atoms with Gasteiger partial charge in [-0.25, -0.2) is 4.98 Å². The number of methoxy groups -OCH3 is 1. The Bertz CT molecular complexity index is 1640. The van der Waals surface area contributed by atoms with Crippen LogP contribution in [0.5, 0.6) is 5.75 Å². The van der Waals surface area contributed by atoms with Crippen LogP contribution < -0.4 is 20.5 Å². The molecule has 8 heteroatoms. The fourth-order valence-corrected chi connectivity index (χ4v) is 6.14. The number of likely N-dealkylation sites (tertiary alicyclic amines) is 1. The summed E-state index contributed by atoms with van der Waals surface area (Å²) in [4.78, 5) is 33.2. The second-order valence-electron chi connectivity index (χ2n) is 11.4. The van der Waals surface area contributed by atoms with Crippen LogP contribution in [0.15, 0.2) is 53.6 Å². The summed E-state index contributed by atoms with van der Waals surface area (Å²) in [5.41, 5.74) is 7.25. The highest BCUT2D eigenvalue weighted by molar-refractivity contribution is 5.97. The minimum absolute atomic E-state index is 0.0713. The summed E-state index contributed by atoms with van der Waals surface area (Å²) in [5.74, 6) is 2.11. The van der Waals surface area contributed by atoms with Gasteiger partial charge in [0.05, 0.1) is 12.5 Å². The van der Waals surface area contributed by atoms with Crippen molar-refractivity contribution in [2.24, 2.45) is 7.05 Å². The smallest absolute Gasteiger partial charge is 0.259 e. The fourth-order valence-electron chi connectivity index (χ4n) is 6.14. The topological polar surface area (TPSA) is 79.7 Å². The summed E-state index contributed by atoms with van der Waals surface area (Å²) < 4.78 is 7.59. The van der Waals surface area contributed by atoms with Crippen molar-refractivity contribution >= 4 is 28.6 Å². The molecule has 3 heterocycles. The normalized spacial score (nSPS) is 14.2. The maximum Gasteiger partial charge on any atom is 0.259 e. The minimum atomic E-state index is -0.0713. The first kappa shape index (κ1) is 29.3. The van der Waals surface area contributed by atoms with Crippen molar-refractivity contribution in [2.45, 2.75) is 38.6 Å². The van der Waals surface area contributed by atoms with E-state index in [2.05, 4.69) is 46.4 Å². The van der Waals surface area contributed by atoms with Crippen molar-refractivity contribution in [1.82, 2.24) is 14.5 Å². The van der Waals surface area contributed by atoms with E-state index in [-0.39, 0.29) is 5.56 Å². The predicted octanol–water partition coefficient (Wildman–Crippen LogP) is 5.47. The van der Waals surface area contributed by atoms with Crippen LogP contribution in [-0.2, 0) is 20.0 Å². The zero-order valence-electron chi connectivity index (χ0n) is 25.5. The Labute approximate surface area is 247 Å². The maximum atomic E-state index is 12.9. The monoisotopic (exact) mass is 567 g/mol. The third kappa shape index (κ3) is 5.63. The van der Waals surface area contributed by atoms with Crippen LogP contribution >= 0.6 is 0 Å². The Morgan fingerprint density at radius 2 is 1.88 bits per heavy atom. The maximum absolute atomic E-state index is 12.9. The van der Waals surface area contributed by atoms with Crippen LogP contribution in [0.4, 0.5) is 11.5 Å². The van der Waals surface area contributed by atoms with Crippen molar-refractivity contribution in [1.29, 1.82) is 0 Å². The molecule has 2 aromatic heterocycles. The van der Waals surface area contributed by atoms with Crippen molar-refractivity contribution < 1.29 is 9.53 Å². The molecule has 0 saturated carbocycles. The Morgan fingerprint density at radius 3 is 2.52 bits per heavy atom. The first-order chi connectivity index (χ1) is 20.3. The number of carbonyl (C=O) groups excluding carboxylic acids is 1. The average molecular weight is 568 g/mol. The lowest BCUT2D eigenvalue weighted by Crippen LogP contribution is -2.32. The van der Waals surface area contributed by atoms with Gasteiger partial charge in [0.2, 0.25) is 0 Å². The van der Waals surface area contributed by atoms with Gasteiger partial charge in [-0.2, -0.15) is 0 Å². The number of nitrogens with zero attached hydrogens (tertiary/aromatic N) is 4. The molecule has 5 rings (SSSR count). The number of benzene rings is 2. The van der Waals surface area contributed by atoms with Gasteiger partial charge < -0.3 is 19.5 Å². The van der Waals surface area contributed by atoms with Crippen molar-refractivity contribution in [3.63, 3.8) is 0 Å². The predicted molar refractivity (Wildman–Crippen MR) is 171 cm³/mol. The van der Waals surface area contributed by atoms with Gasteiger partial charge in [0.15, 0.2) is 0 Å². The number of aromatic nitrogens is 2. The quantitative estimate of drug-likeness (QED) is 0.269. The minimum Gasteiger partial charge on any atom is -0.496 e. The first-order valence-corrected chi connectivity index (χ1v) is 14.6. The number of carbonyl (C=O) groups is 1. The second kappa shape index (κ2) is 12.4. The molecule has 0 radical (unpaired) electrons. The van der Waals surface area contributed by atoms with E-state index in [0.717, 1.165) is 95.6 Å². The molecule has 1 N–H and O–H groups in total. The molecule has 1 fully saturated rings. The summed E-state index contributed by atoms with van der Waals surface area (Å²) >= 11 is 0. The number of pyridine rings is 2. The lowest BCUT2D eigenvalue weighted by atomic mass is 9.87. The van der Waals surface area contributed by atoms with Gasteiger partial charge in [-0.1, -0.05) is 25.1 Å². The molecule has 1 aliphatic heterocycles. The SMILES string of the molecule is CCc1cc(C2CCN(Cc3c(NC)cc(-c4cn(C)c(=O)c5cnc(N(C)C)cc45)cc3OC)CC2)ccc1C=O. The Hall–Kier alpha value is -4.17. The zero-order chi connectivity index (χ0) is 30.0. The van der Waals surface area contributed by atoms with E-state index in [1.807, 2.05) is 44.4 Å². The molecule has 42 heavy (non-hydrogen) atoms. The molecule has 8 nitrogen and oxygen atoms in total. The largest absolute Gasteiger partial charge is 0.496 e. The van der Waals surface area contributed by atoms with Gasteiger partial charge in [0, 0.05) is 74.9 Å². The molecule has 220 valence electrons. The number of aryl methyl sites for hydroxylation is 2. The van der Waals surface area contributed by atoms with Crippen LogP contribution in [0, 0.1) is 0 Å². The summed E-state index contributed by atoms with van der Waals surface area (Å²) in [6, 6.07) is 12.5. The van der Waals surface area contributed by atoms with Crippen LogP contribution in [0.3, 0.4) is 0 Å². The number of hydrogen-bond donors (Lipinski definition) is 1. The molecule has 4 aromatic rings. The lowest BCUT2D eigenvalue weighted by molar-refractivity contribution is 0.112. The number of rotatable bonds is 9. The van der Waals surface area contributed by atoms with E-state index in [1.54, 1.807) is 24.9 Å². The van der Waals surface area contributed by atoms with Crippen LogP contribution in [0.25, 0.3) is 21.9 Å². The standard InChI is InChI=1S/C34H41N5O3/c1-7-22-14-24(8-9-25(22)21-40)23-10-12-39(13-11-23)20-30-31(35-2)15-26(16-32(30)42-6)29-19-38(5)34(41)28-18-36-33(37(3)4)17-27(28)29/h8-9,14-19,21,23,35H,7,10-13,20H2,1-6H3. The van der Waals surface area contributed by atoms with Crippen LogP contribution in [0.1, 0.15) is 52.7 Å². The van der Waals surface area contributed by atoms with Gasteiger partial charge in [-0.3, -0.25) is 14.5 Å². The lowest BCUT2D eigenvalue weighted by Gasteiger charge is -2.33. The third-order valence-electron chi connectivity index (χ3n) is 8.64. The van der Waals surface area contributed by atoms with E-state index in [0.29, 0.717) is 11.3 Å². The molecule has 0 bridgehead atoms. The average Bonchev–Trinajstić information content (AvgIpc) is 3.02. The Kier molecular flexibility index (Phi) is 8.64. The Balaban J connectivity index is 1.43. The summed E-state index contributed by atoms with van der Waals surface area (Å²) in [6.07, 6.45) is 7.55. The van der Waals surface area contributed by atoms with Gasteiger partial charge in [-0.05, 0) is 73.2 Å². The first-order valence-electron chi connectivity index (χ1n) is 14.6. The number of nitrogens with one attached hydrogen (secondary N) is 1. The summed E-state index contributed by atoms with van der Waals surface area (Å²) in [7, 11) is 9.32. The zero-order valence-corrected chi connectivity index (χ0v) is 25.5. The van der Waals surface area contributed by atoms with Crippen molar-refractivity contribution in [2.75, 3.05) is 51.6 Å². The number of fused-ring (bicyclic) bond motifs is 1. The number of anilines is 2. The molecule has 0 amide bonds. The Morgan fingerprint density at radius 1 is 1.12 bits per heavy atom. The highest BCUT2D eigenvalue weighted by atomic mass is 16.5. The van der Waals surface area contributed by atoms with E-state index in [4.69, 9.17) is 4.74 Å². The second-order valence-corrected chi connectivity index (χ2v) is 11.4. The molecule has 0 unspecified atom stereocenters. The molecule has 2 aromatic carbocycles. The van der Waals surface area contributed by atoms with Gasteiger partial charge in [-0.15, -0.1) is 0 Å². The van der Waals surface area contributed by atoms with E-state index in [1.165, 1.54) is 5.56 Å². The number of hydrogen-bond acceptors (Lipinski definition) is 7. The highest BCUT2D eigenvalue weighted by Crippen LogP contribution is 2.38.